The normalized spacial score (nSPS) is 12.4. The van der Waals surface area contributed by atoms with Gasteiger partial charge in [0.25, 0.3) is 0 Å². The van der Waals surface area contributed by atoms with E-state index in [4.69, 9.17) is 18.9 Å². The van der Waals surface area contributed by atoms with Crippen molar-refractivity contribution in [1.29, 1.82) is 0 Å². The number of rotatable bonds is 8. The second-order valence-electron chi connectivity index (χ2n) is 7.01. The van der Waals surface area contributed by atoms with Gasteiger partial charge in [0.2, 0.25) is 0 Å². The summed E-state index contributed by atoms with van der Waals surface area (Å²) in [5.41, 5.74) is 1.19. The van der Waals surface area contributed by atoms with Gasteiger partial charge >= 0.3 is 5.97 Å². The van der Waals surface area contributed by atoms with E-state index in [0.29, 0.717) is 33.9 Å². The lowest BCUT2D eigenvalue weighted by Crippen LogP contribution is -2.05. The quantitative estimate of drug-likeness (QED) is 0.394. The minimum Gasteiger partial charge on any atom is -0.507 e. The van der Waals surface area contributed by atoms with Crippen LogP contribution in [0.25, 0.3) is 0 Å². The van der Waals surface area contributed by atoms with Crippen molar-refractivity contribution < 1.29 is 33.6 Å². The van der Waals surface area contributed by atoms with Crippen LogP contribution in [0.2, 0.25) is 0 Å². The third-order valence-corrected chi connectivity index (χ3v) is 4.90. The summed E-state index contributed by atoms with van der Waals surface area (Å²) in [5.74, 6) is 6.46. The van der Waals surface area contributed by atoms with Gasteiger partial charge in [0, 0.05) is 11.5 Å². The highest BCUT2D eigenvalue weighted by atomic mass is 16.5. The zero-order valence-electron chi connectivity index (χ0n) is 17.7. The largest absolute Gasteiger partial charge is 0.507 e. The highest BCUT2D eigenvalue weighted by Crippen LogP contribution is 2.38. The van der Waals surface area contributed by atoms with Crippen molar-refractivity contribution >= 4 is 11.8 Å². The minimum absolute atomic E-state index is 0.0178. The summed E-state index contributed by atoms with van der Waals surface area (Å²) in [6.07, 6.45) is 1.76. The van der Waals surface area contributed by atoms with Crippen LogP contribution >= 0.6 is 0 Å². The van der Waals surface area contributed by atoms with Gasteiger partial charge in [0.1, 0.15) is 24.7 Å². The standard InChI is InChI=1S/C24H24O7/c1-15-19(11-9-18(22(15)25)23(26)16-6-7-16)30-12-4-5-13-31-21-14-17(24(27)29-3)8-10-20(21)28-2/h8-11,14,16,25H,6-7,12-13H2,1-3H3. The Morgan fingerprint density at radius 1 is 1.00 bits per heavy atom. The number of aromatic hydroxyl groups is 1. The zero-order chi connectivity index (χ0) is 22.4. The van der Waals surface area contributed by atoms with E-state index < -0.39 is 5.97 Å². The Kier molecular flexibility index (Phi) is 7.03. The number of ether oxygens (including phenoxy) is 4. The SMILES string of the molecule is COC(=O)c1ccc(OC)c(OCC#CCOc2ccc(C(=O)C3CC3)c(O)c2C)c1. The van der Waals surface area contributed by atoms with Crippen LogP contribution in [0.1, 0.15) is 39.1 Å². The molecule has 3 rings (SSSR count). The molecule has 0 heterocycles. The fourth-order valence-corrected chi connectivity index (χ4v) is 2.97. The summed E-state index contributed by atoms with van der Waals surface area (Å²) in [6, 6.07) is 7.99. The molecule has 1 aliphatic rings. The van der Waals surface area contributed by atoms with Crippen molar-refractivity contribution in [3.63, 3.8) is 0 Å². The van der Waals surface area contributed by atoms with E-state index in [1.54, 1.807) is 31.2 Å². The van der Waals surface area contributed by atoms with Crippen molar-refractivity contribution in [1.82, 2.24) is 0 Å². The Bertz CT molecular complexity index is 1040. The van der Waals surface area contributed by atoms with Gasteiger partial charge in [0.05, 0.1) is 25.3 Å². The first-order chi connectivity index (χ1) is 15.0. The molecule has 0 radical (unpaired) electrons. The first-order valence-corrected chi connectivity index (χ1v) is 9.80. The molecule has 0 aliphatic heterocycles. The van der Waals surface area contributed by atoms with Crippen LogP contribution in [0.4, 0.5) is 0 Å². The van der Waals surface area contributed by atoms with Gasteiger partial charge in [-0.25, -0.2) is 4.79 Å². The van der Waals surface area contributed by atoms with E-state index in [9.17, 15) is 14.7 Å². The van der Waals surface area contributed by atoms with Crippen LogP contribution in [-0.2, 0) is 4.74 Å². The number of benzene rings is 2. The lowest BCUT2D eigenvalue weighted by atomic mass is 10.0. The Balaban J connectivity index is 1.56. The van der Waals surface area contributed by atoms with Gasteiger partial charge in [-0.05, 0) is 50.1 Å². The molecule has 162 valence electrons. The summed E-state index contributed by atoms with van der Waals surface area (Å²) >= 11 is 0. The van der Waals surface area contributed by atoms with Crippen molar-refractivity contribution in [2.75, 3.05) is 27.4 Å². The van der Waals surface area contributed by atoms with E-state index in [1.807, 2.05) is 0 Å². The number of phenols is 1. The number of methoxy groups -OCH3 is 2. The van der Waals surface area contributed by atoms with Gasteiger partial charge in [-0.2, -0.15) is 0 Å². The van der Waals surface area contributed by atoms with Crippen LogP contribution in [0.3, 0.4) is 0 Å². The van der Waals surface area contributed by atoms with E-state index in [2.05, 4.69) is 11.8 Å². The summed E-state index contributed by atoms with van der Waals surface area (Å²) in [5, 5.41) is 10.3. The van der Waals surface area contributed by atoms with Crippen LogP contribution in [-0.4, -0.2) is 44.3 Å². The molecule has 1 aliphatic carbocycles. The van der Waals surface area contributed by atoms with Gasteiger partial charge in [-0.15, -0.1) is 0 Å². The average Bonchev–Trinajstić information content (AvgIpc) is 3.63. The molecule has 31 heavy (non-hydrogen) atoms. The van der Waals surface area contributed by atoms with Crippen LogP contribution in [0.15, 0.2) is 30.3 Å². The number of hydrogen-bond acceptors (Lipinski definition) is 7. The smallest absolute Gasteiger partial charge is 0.337 e. The molecule has 0 atom stereocenters. The lowest BCUT2D eigenvalue weighted by molar-refractivity contribution is 0.0600. The summed E-state index contributed by atoms with van der Waals surface area (Å²) in [7, 11) is 2.80. The maximum absolute atomic E-state index is 12.2. The molecular weight excluding hydrogens is 400 g/mol. The molecule has 1 N–H and O–H groups in total. The molecule has 2 aromatic carbocycles. The number of ketones is 1. The van der Waals surface area contributed by atoms with Gasteiger partial charge in [-0.3, -0.25) is 4.79 Å². The highest BCUT2D eigenvalue weighted by molar-refractivity contribution is 6.02. The van der Waals surface area contributed by atoms with Crippen LogP contribution in [0, 0.1) is 24.7 Å². The molecule has 0 amide bonds. The highest BCUT2D eigenvalue weighted by Gasteiger charge is 2.32. The first kappa shape index (κ1) is 22.0. The van der Waals surface area contributed by atoms with Gasteiger partial charge < -0.3 is 24.1 Å². The molecule has 0 bridgehead atoms. The van der Waals surface area contributed by atoms with Crippen molar-refractivity contribution in [3.8, 4) is 34.8 Å². The zero-order valence-corrected chi connectivity index (χ0v) is 17.7. The molecule has 0 unspecified atom stereocenters. The van der Waals surface area contributed by atoms with Gasteiger partial charge in [-0.1, -0.05) is 11.8 Å². The molecule has 0 saturated heterocycles. The Hall–Kier alpha value is -3.66. The third-order valence-electron chi connectivity index (χ3n) is 4.90. The lowest BCUT2D eigenvalue weighted by Gasteiger charge is -2.11. The molecule has 7 heteroatoms. The molecule has 0 aromatic heterocycles. The Morgan fingerprint density at radius 3 is 2.26 bits per heavy atom. The average molecular weight is 424 g/mol. The van der Waals surface area contributed by atoms with Crippen molar-refractivity contribution in [3.05, 3.63) is 47.0 Å². The summed E-state index contributed by atoms with van der Waals surface area (Å²) < 4.78 is 21.1. The Labute approximate surface area is 180 Å². The van der Waals surface area contributed by atoms with Gasteiger partial charge in [0.15, 0.2) is 17.3 Å². The number of hydrogen-bond donors (Lipinski definition) is 1. The maximum Gasteiger partial charge on any atom is 0.337 e. The maximum atomic E-state index is 12.2. The molecule has 1 fully saturated rings. The van der Waals surface area contributed by atoms with E-state index >= 15 is 0 Å². The number of carbonyl (C=O) groups excluding carboxylic acids is 2. The monoisotopic (exact) mass is 424 g/mol. The van der Waals surface area contributed by atoms with E-state index in [0.717, 1.165) is 12.8 Å². The first-order valence-electron chi connectivity index (χ1n) is 9.80. The predicted octanol–water partition coefficient (Wildman–Crippen LogP) is 3.55. The van der Waals surface area contributed by atoms with E-state index in [1.165, 1.54) is 20.3 Å². The predicted molar refractivity (Wildman–Crippen MR) is 113 cm³/mol. The molecule has 1 saturated carbocycles. The minimum atomic E-state index is -0.476. The molecule has 2 aromatic rings. The number of Topliss-reactive ketones (excluding diaryl/α,β-unsaturated/α-hetero) is 1. The number of carbonyl (C=O) groups is 2. The van der Waals surface area contributed by atoms with E-state index in [-0.39, 0.29) is 30.7 Å². The topological polar surface area (TPSA) is 91.3 Å². The van der Waals surface area contributed by atoms with Crippen LogP contribution in [0.5, 0.6) is 23.0 Å². The fourth-order valence-electron chi connectivity index (χ4n) is 2.97. The second-order valence-corrected chi connectivity index (χ2v) is 7.01. The number of esters is 1. The van der Waals surface area contributed by atoms with Crippen molar-refractivity contribution in [2.45, 2.75) is 19.8 Å². The summed E-state index contributed by atoms with van der Waals surface area (Å²) in [6.45, 7) is 1.84. The third kappa shape index (κ3) is 5.28. The molecular formula is C24H24O7. The molecule has 0 spiro atoms. The van der Waals surface area contributed by atoms with Crippen molar-refractivity contribution in [2.24, 2.45) is 5.92 Å². The fraction of sp³-hybridized carbons (Fsp3) is 0.333. The second kappa shape index (κ2) is 9.90. The Morgan fingerprint density at radius 2 is 1.65 bits per heavy atom. The molecule has 7 nitrogen and oxygen atoms in total. The van der Waals surface area contributed by atoms with Crippen LogP contribution < -0.4 is 14.2 Å². The summed E-state index contributed by atoms with van der Waals surface area (Å²) in [4.78, 5) is 23.9. The number of phenolic OH excluding ortho intramolecular Hbond substituents is 1.